The molecule has 0 radical (unpaired) electrons. The Labute approximate surface area is 151 Å². The molecule has 5 nitrogen and oxygen atoms in total. The zero-order chi connectivity index (χ0) is 17.5. The monoisotopic (exact) mass is 361 g/mol. The molecular weight excluding hydrogens is 342 g/mol. The third-order valence-electron chi connectivity index (χ3n) is 3.64. The van der Waals surface area contributed by atoms with Crippen LogP contribution in [0.3, 0.4) is 0 Å². The molecule has 0 fully saturated rings. The van der Waals surface area contributed by atoms with E-state index < -0.39 is 6.10 Å². The van der Waals surface area contributed by atoms with E-state index in [2.05, 4.69) is 0 Å². The van der Waals surface area contributed by atoms with Gasteiger partial charge in [0.15, 0.2) is 0 Å². The summed E-state index contributed by atoms with van der Waals surface area (Å²) in [6.45, 7) is 1.76. The van der Waals surface area contributed by atoms with Crippen molar-refractivity contribution >= 4 is 11.6 Å². The summed E-state index contributed by atoms with van der Waals surface area (Å²) in [5, 5.41) is 11.0. The molecule has 132 valence electrons. The predicted octanol–water partition coefficient (Wildman–Crippen LogP) is 3.97. The van der Waals surface area contributed by atoms with Gasteiger partial charge in [0.05, 0.1) is 25.6 Å². The van der Waals surface area contributed by atoms with Crippen LogP contribution < -0.4 is 4.74 Å². The van der Waals surface area contributed by atoms with Crippen molar-refractivity contribution in [3.63, 3.8) is 0 Å². The van der Waals surface area contributed by atoms with E-state index >= 15 is 0 Å². The molecule has 6 heteroatoms. The van der Waals surface area contributed by atoms with Gasteiger partial charge in [-0.25, -0.2) is 0 Å². The maximum atomic E-state index is 10.3. The van der Waals surface area contributed by atoms with Crippen molar-refractivity contribution in [2.24, 2.45) is 0 Å². The Bertz CT molecular complexity index is 689. The van der Waals surface area contributed by atoms with Gasteiger partial charge in [-0.2, -0.15) is 0 Å². The summed E-state index contributed by atoms with van der Waals surface area (Å²) in [7, 11) is 0. The molecular formula is C19H20ClNO4. The van der Waals surface area contributed by atoms with Gasteiger partial charge < -0.3 is 18.7 Å². The van der Waals surface area contributed by atoms with Gasteiger partial charge in [0.1, 0.15) is 30.0 Å². The van der Waals surface area contributed by atoms with Crippen LogP contribution in [-0.2, 0) is 13.1 Å². The van der Waals surface area contributed by atoms with Crippen molar-refractivity contribution in [1.29, 1.82) is 0 Å². The normalized spacial score (nSPS) is 12.4. The molecule has 1 atom stereocenters. The highest BCUT2D eigenvalue weighted by Gasteiger charge is 2.16. The van der Waals surface area contributed by atoms with Gasteiger partial charge in [0.2, 0.25) is 0 Å². The van der Waals surface area contributed by atoms with E-state index in [0.29, 0.717) is 30.4 Å². The number of aliphatic hydroxyl groups excluding tert-OH is 1. The molecule has 3 aromatic rings. The summed E-state index contributed by atoms with van der Waals surface area (Å²) >= 11 is 5.85. The third kappa shape index (κ3) is 5.67. The van der Waals surface area contributed by atoms with Crippen LogP contribution in [0.4, 0.5) is 0 Å². The first-order valence-electron chi connectivity index (χ1n) is 8.02. The number of benzene rings is 1. The standard InChI is InChI=1S/C19H20ClNO4/c20-15-5-7-17(8-6-15)25-14-16(22)11-21(12-18-3-1-9-23-18)13-19-4-2-10-24-19/h1-10,16,22H,11-14H2. The quantitative estimate of drug-likeness (QED) is 0.625. The molecule has 1 unspecified atom stereocenters. The predicted molar refractivity (Wildman–Crippen MR) is 94.5 cm³/mol. The molecule has 0 aliphatic carbocycles. The van der Waals surface area contributed by atoms with Crippen LogP contribution in [-0.4, -0.2) is 29.3 Å². The lowest BCUT2D eigenvalue weighted by atomic mass is 10.3. The maximum Gasteiger partial charge on any atom is 0.119 e. The van der Waals surface area contributed by atoms with E-state index in [9.17, 15) is 5.11 Å². The summed E-state index contributed by atoms with van der Waals surface area (Å²) in [4.78, 5) is 2.05. The van der Waals surface area contributed by atoms with Gasteiger partial charge in [-0.3, -0.25) is 4.90 Å². The van der Waals surface area contributed by atoms with Gasteiger partial charge in [0, 0.05) is 11.6 Å². The highest BCUT2D eigenvalue weighted by atomic mass is 35.5. The third-order valence-corrected chi connectivity index (χ3v) is 3.90. The minimum Gasteiger partial charge on any atom is -0.491 e. The molecule has 0 aliphatic rings. The highest BCUT2D eigenvalue weighted by molar-refractivity contribution is 6.30. The lowest BCUT2D eigenvalue weighted by Crippen LogP contribution is -2.34. The van der Waals surface area contributed by atoms with Crippen molar-refractivity contribution in [1.82, 2.24) is 4.90 Å². The Morgan fingerprint density at radius 3 is 2.08 bits per heavy atom. The lowest BCUT2D eigenvalue weighted by molar-refractivity contribution is 0.0580. The first kappa shape index (κ1) is 17.6. The second kappa shape index (κ2) is 8.76. The highest BCUT2D eigenvalue weighted by Crippen LogP contribution is 2.16. The van der Waals surface area contributed by atoms with Crippen LogP contribution in [0, 0.1) is 0 Å². The van der Waals surface area contributed by atoms with Crippen LogP contribution in [0.15, 0.2) is 69.9 Å². The SMILES string of the molecule is OC(COc1ccc(Cl)cc1)CN(Cc1ccco1)Cc1ccco1. The number of aliphatic hydroxyl groups is 1. The second-order valence-corrected chi connectivity index (χ2v) is 6.18. The fourth-order valence-corrected chi connectivity index (χ4v) is 2.63. The molecule has 0 aliphatic heterocycles. The van der Waals surface area contributed by atoms with Crippen LogP contribution in [0.2, 0.25) is 5.02 Å². The van der Waals surface area contributed by atoms with Crippen molar-refractivity contribution in [3.8, 4) is 5.75 Å². The number of hydrogen-bond donors (Lipinski definition) is 1. The Morgan fingerprint density at radius 1 is 0.960 bits per heavy atom. The lowest BCUT2D eigenvalue weighted by Gasteiger charge is -2.23. The average Bonchev–Trinajstić information content (AvgIpc) is 3.28. The van der Waals surface area contributed by atoms with Crippen molar-refractivity contribution < 1.29 is 18.7 Å². The molecule has 3 rings (SSSR count). The number of rotatable bonds is 9. The fourth-order valence-electron chi connectivity index (χ4n) is 2.50. The van der Waals surface area contributed by atoms with Gasteiger partial charge in [-0.15, -0.1) is 0 Å². The average molecular weight is 362 g/mol. The first-order valence-corrected chi connectivity index (χ1v) is 8.40. The van der Waals surface area contributed by atoms with E-state index in [1.54, 1.807) is 36.8 Å². The van der Waals surface area contributed by atoms with E-state index in [0.717, 1.165) is 11.5 Å². The molecule has 0 bridgehead atoms. The van der Waals surface area contributed by atoms with E-state index in [1.165, 1.54) is 0 Å². The van der Waals surface area contributed by atoms with Gasteiger partial charge in [-0.05, 0) is 48.5 Å². The summed E-state index contributed by atoms with van der Waals surface area (Å²) in [6.07, 6.45) is 2.63. The van der Waals surface area contributed by atoms with Gasteiger partial charge in [0.25, 0.3) is 0 Å². The van der Waals surface area contributed by atoms with Crippen LogP contribution in [0.1, 0.15) is 11.5 Å². The smallest absolute Gasteiger partial charge is 0.119 e. The summed E-state index contributed by atoms with van der Waals surface area (Å²) in [6, 6.07) is 14.6. The largest absolute Gasteiger partial charge is 0.491 e. The number of ether oxygens (including phenoxy) is 1. The molecule has 1 N–H and O–H groups in total. The van der Waals surface area contributed by atoms with Crippen molar-refractivity contribution in [2.45, 2.75) is 19.2 Å². The minimum absolute atomic E-state index is 0.189. The molecule has 2 heterocycles. The van der Waals surface area contributed by atoms with Crippen LogP contribution >= 0.6 is 11.6 Å². The Morgan fingerprint density at radius 2 is 1.56 bits per heavy atom. The van der Waals surface area contributed by atoms with E-state index in [4.69, 9.17) is 25.2 Å². The topological polar surface area (TPSA) is 59.0 Å². The Kier molecular flexibility index (Phi) is 6.17. The van der Waals surface area contributed by atoms with Crippen molar-refractivity contribution in [3.05, 3.63) is 77.6 Å². The van der Waals surface area contributed by atoms with Gasteiger partial charge >= 0.3 is 0 Å². The minimum atomic E-state index is -0.652. The van der Waals surface area contributed by atoms with Gasteiger partial charge in [-0.1, -0.05) is 11.6 Å². The summed E-state index contributed by atoms with van der Waals surface area (Å²) in [5.41, 5.74) is 0. The maximum absolute atomic E-state index is 10.3. The van der Waals surface area contributed by atoms with Crippen LogP contribution in [0.25, 0.3) is 0 Å². The van der Waals surface area contributed by atoms with E-state index in [1.807, 2.05) is 29.2 Å². The zero-order valence-electron chi connectivity index (χ0n) is 13.7. The summed E-state index contributed by atoms with van der Waals surface area (Å²) in [5.74, 6) is 2.34. The van der Waals surface area contributed by atoms with Crippen LogP contribution in [0.5, 0.6) is 5.75 Å². The van der Waals surface area contributed by atoms with E-state index in [-0.39, 0.29) is 6.61 Å². The first-order chi connectivity index (χ1) is 12.2. The molecule has 0 saturated carbocycles. The molecule has 2 aromatic heterocycles. The number of hydrogen-bond acceptors (Lipinski definition) is 5. The zero-order valence-corrected chi connectivity index (χ0v) is 14.4. The molecule has 0 saturated heterocycles. The fraction of sp³-hybridized carbons (Fsp3) is 0.263. The second-order valence-electron chi connectivity index (χ2n) is 5.75. The summed E-state index contributed by atoms with van der Waals surface area (Å²) < 4.78 is 16.4. The molecule has 0 spiro atoms. The molecule has 25 heavy (non-hydrogen) atoms. The Hall–Kier alpha value is -2.21. The number of halogens is 1. The Balaban J connectivity index is 1.55. The number of furan rings is 2. The molecule has 0 amide bonds. The van der Waals surface area contributed by atoms with Crippen molar-refractivity contribution in [2.75, 3.05) is 13.2 Å². The molecule has 1 aromatic carbocycles. The number of nitrogens with zero attached hydrogens (tertiary/aromatic N) is 1.